The van der Waals surface area contributed by atoms with Crippen LogP contribution in [0.15, 0.2) is 23.2 Å². The number of piperazine rings is 1. The summed E-state index contributed by atoms with van der Waals surface area (Å²) >= 11 is 0. The molecule has 1 fully saturated rings. The Hall–Kier alpha value is -1.71. The molecular weight excluding hydrogens is 378 g/mol. The molecule has 0 bridgehead atoms. The Morgan fingerprint density at radius 1 is 1.18 bits per heavy atom. The summed E-state index contributed by atoms with van der Waals surface area (Å²) in [5.41, 5.74) is 0. The molecular formula is C19H33N5O3S. The fourth-order valence-corrected chi connectivity index (χ4v) is 4.47. The van der Waals surface area contributed by atoms with Crippen LogP contribution < -0.4 is 14.9 Å². The van der Waals surface area contributed by atoms with Crippen LogP contribution in [0.25, 0.3) is 0 Å². The maximum absolute atomic E-state index is 12.4. The molecule has 1 aliphatic rings. The second-order valence-electron chi connectivity index (χ2n) is 7.65. The van der Waals surface area contributed by atoms with Gasteiger partial charge in [-0.3, -0.25) is 9.69 Å². The molecule has 158 valence electrons. The third-order valence-corrected chi connectivity index (χ3v) is 6.20. The number of carbonyl (C=O) groups is 1. The SMILES string of the molecule is CCCC(C)NS(=O)(=O)c1ccc(N2CCN(CC(=O)NC(C)C)CC2)nc1. The van der Waals surface area contributed by atoms with Crippen LogP contribution in [0, 0.1) is 0 Å². The van der Waals surface area contributed by atoms with Crippen molar-refractivity contribution < 1.29 is 13.2 Å². The van der Waals surface area contributed by atoms with Gasteiger partial charge in [-0.2, -0.15) is 0 Å². The van der Waals surface area contributed by atoms with Crippen molar-refractivity contribution in [3.05, 3.63) is 18.3 Å². The number of aromatic nitrogens is 1. The zero-order chi connectivity index (χ0) is 20.7. The minimum Gasteiger partial charge on any atom is -0.354 e. The lowest BCUT2D eigenvalue weighted by atomic mass is 10.2. The number of rotatable bonds is 9. The van der Waals surface area contributed by atoms with E-state index in [4.69, 9.17) is 0 Å². The first kappa shape index (κ1) is 22.6. The van der Waals surface area contributed by atoms with Crippen molar-refractivity contribution in [3.8, 4) is 0 Å². The van der Waals surface area contributed by atoms with Gasteiger partial charge in [0.15, 0.2) is 0 Å². The molecule has 1 unspecified atom stereocenters. The van der Waals surface area contributed by atoms with Crippen molar-refractivity contribution in [2.75, 3.05) is 37.6 Å². The van der Waals surface area contributed by atoms with Crippen LogP contribution in [0.3, 0.4) is 0 Å². The first-order valence-corrected chi connectivity index (χ1v) is 11.4. The number of pyridine rings is 1. The van der Waals surface area contributed by atoms with Gasteiger partial charge in [0.25, 0.3) is 0 Å². The summed E-state index contributed by atoms with van der Waals surface area (Å²) in [5.74, 6) is 0.799. The number of carbonyl (C=O) groups excluding carboxylic acids is 1. The van der Waals surface area contributed by atoms with Crippen LogP contribution in [0.2, 0.25) is 0 Å². The van der Waals surface area contributed by atoms with Crippen LogP contribution in [-0.2, 0) is 14.8 Å². The highest BCUT2D eigenvalue weighted by atomic mass is 32.2. The number of sulfonamides is 1. The van der Waals surface area contributed by atoms with Gasteiger partial charge in [-0.1, -0.05) is 13.3 Å². The van der Waals surface area contributed by atoms with E-state index in [1.54, 1.807) is 12.1 Å². The fourth-order valence-electron chi connectivity index (χ4n) is 3.25. The summed E-state index contributed by atoms with van der Waals surface area (Å²) in [4.78, 5) is 20.6. The highest BCUT2D eigenvalue weighted by Crippen LogP contribution is 2.17. The molecule has 9 heteroatoms. The summed E-state index contributed by atoms with van der Waals surface area (Å²) in [6.07, 6.45) is 3.13. The van der Waals surface area contributed by atoms with E-state index in [0.29, 0.717) is 6.54 Å². The van der Waals surface area contributed by atoms with Gasteiger partial charge in [0.1, 0.15) is 10.7 Å². The maximum Gasteiger partial charge on any atom is 0.242 e. The predicted octanol–water partition coefficient (Wildman–Crippen LogP) is 1.20. The Morgan fingerprint density at radius 2 is 1.86 bits per heavy atom. The van der Waals surface area contributed by atoms with Gasteiger partial charge < -0.3 is 10.2 Å². The summed E-state index contributed by atoms with van der Waals surface area (Å²) in [5, 5.41) is 2.91. The molecule has 2 rings (SSSR count). The second-order valence-corrected chi connectivity index (χ2v) is 9.36. The molecule has 1 amide bonds. The first-order valence-electron chi connectivity index (χ1n) is 9.96. The van der Waals surface area contributed by atoms with Crippen LogP contribution in [0.4, 0.5) is 5.82 Å². The van der Waals surface area contributed by atoms with E-state index < -0.39 is 10.0 Å². The predicted molar refractivity (Wildman–Crippen MR) is 111 cm³/mol. The maximum atomic E-state index is 12.4. The monoisotopic (exact) mass is 411 g/mol. The lowest BCUT2D eigenvalue weighted by Gasteiger charge is -2.35. The Balaban J connectivity index is 1.90. The van der Waals surface area contributed by atoms with E-state index in [1.807, 2.05) is 27.7 Å². The van der Waals surface area contributed by atoms with Crippen LogP contribution in [0.5, 0.6) is 0 Å². The van der Waals surface area contributed by atoms with Crippen LogP contribution in [0.1, 0.15) is 40.5 Å². The van der Waals surface area contributed by atoms with E-state index in [2.05, 4.69) is 24.8 Å². The van der Waals surface area contributed by atoms with Crippen molar-refractivity contribution in [1.82, 2.24) is 19.9 Å². The van der Waals surface area contributed by atoms with Crippen molar-refractivity contribution in [1.29, 1.82) is 0 Å². The zero-order valence-electron chi connectivity index (χ0n) is 17.3. The van der Waals surface area contributed by atoms with Crippen LogP contribution in [-0.4, -0.2) is 69.0 Å². The largest absolute Gasteiger partial charge is 0.354 e. The summed E-state index contributed by atoms with van der Waals surface area (Å²) in [7, 11) is -3.55. The Labute approximate surface area is 168 Å². The molecule has 1 aliphatic heterocycles. The number of anilines is 1. The van der Waals surface area contributed by atoms with Crippen LogP contribution >= 0.6 is 0 Å². The van der Waals surface area contributed by atoms with E-state index in [1.165, 1.54) is 6.20 Å². The van der Waals surface area contributed by atoms with Crippen molar-refractivity contribution in [2.45, 2.75) is 57.5 Å². The number of nitrogens with zero attached hydrogens (tertiary/aromatic N) is 3. The summed E-state index contributed by atoms with van der Waals surface area (Å²) in [6, 6.07) is 3.40. The number of hydrogen-bond donors (Lipinski definition) is 2. The molecule has 1 aromatic heterocycles. The molecule has 28 heavy (non-hydrogen) atoms. The molecule has 0 saturated carbocycles. The highest BCUT2D eigenvalue weighted by molar-refractivity contribution is 7.89. The molecule has 0 aliphatic carbocycles. The Morgan fingerprint density at radius 3 is 2.39 bits per heavy atom. The summed E-state index contributed by atoms with van der Waals surface area (Å²) in [6.45, 7) is 11.2. The van der Waals surface area contributed by atoms with Crippen molar-refractivity contribution in [2.24, 2.45) is 0 Å². The second kappa shape index (κ2) is 10.2. The van der Waals surface area contributed by atoms with Gasteiger partial charge >= 0.3 is 0 Å². The molecule has 0 radical (unpaired) electrons. The van der Waals surface area contributed by atoms with E-state index in [9.17, 15) is 13.2 Å². The molecule has 1 atom stereocenters. The smallest absolute Gasteiger partial charge is 0.242 e. The van der Waals surface area contributed by atoms with Gasteiger partial charge in [-0.25, -0.2) is 18.1 Å². The Bertz CT molecular complexity index is 728. The zero-order valence-corrected chi connectivity index (χ0v) is 18.1. The molecule has 1 saturated heterocycles. The molecule has 0 spiro atoms. The minimum absolute atomic E-state index is 0.0425. The average Bonchev–Trinajstić information content (AvgIpc) is 2.61. The van der Waals surface area contributed by atoms with Gasteiger partial charge in [0.05, 0.1) is 6.54 Å². The number of amides is 1. The first-order chi connectivity index (χ1) is 13.2. The quantitative estimate of drug-likeness (QED) is 0.634. The van der Waals surface area contributed by atoms with Gasteiger partial charge in [0.2, 0.25) is 15.9 Å². The van der Waals surface area contributed by atoms with Gasteiger partial charge in [-0.15, -0.1) is 0 Å². The van der Waals surface area contributed by atoms with E-state index in [0.717, 1.165) is 44.8 Å². The Kier molecular flexibility index (Phi) is 8.21. The van der Waals surface area contributed by atoms with Crippen molar-refractivity contribution >= 4 is 21.7 Å². The lowest BCUT2D eigenvalue weighted by Crippen LogP contribution is -2.50. The minimum atomic E-state index is -3.55. The van der Waals surface area contributed by atoms with Gasteiger partial charge in [-0.05, 0) is 39.3 Å². The van der Waals surface area contributed by atoms with E-state index >= 15 is 0 Å². The van der Waals surface area contributed by atoms with Gasteiger partial charge in [0, 0.05) is 44.5 Å². The average molecular weight is 412 g/mol. The fraction of sp³-hybridized carbons (Fsp3) is 0.684. The number of nitrogens with one attached hydrogen (secondary N) is 2. The molecule has 2 N–H and O–H groups in total. The lowest BCUT2D eigenvalue weighted by molar-refractivity contribution is -0.122. The molecule has 2 heterocycles. The standard InChI is InChI=1S/C19H33N5O3S/c1-5-6-16(4)22-28(26,27)17-7-8-18(20-13-17)24-11-9-23(10-12-24)14-19(25)21-15(2)3/h7-8,13,15-16,22H,5-6,9-12,14H2,1-4H3,(H,21,25). The summed E-state index contributed by atoms with van der Waals surface area (Å²) < 4.78 is 27.5. The highest BCUT2D eigenvalue weighted by Gasteiger charge is 2.22. The molecule has 8 nitrogen and oxygen atoms in total. The third kappa shape index (κ3) is 6.72. The normalized spacial score (nSPS) is 17.0. The third-order valence-electron chi connectivity index (χ3n) is 4.62. The topological polar surface area (TPSA) is 94.6 Å². The number of hydrogen-bond acceptors (Lipinski definition) is 6. The van der Waals surface area contributed by atoms with Crippen molar-refractivity contribution in [3.63, 3.8) is 0 Å². The molecule has 0 aromatic carbocycles. The van der Waals surface area contributed by atoms with E-state index in [-0.39, 0.29) is 22.9 Å². The molecule has 1 aromatic rings.